The van der Waals surface area contributed by atoms with Crippen LogP contribution in [0.5, 0.6) is 0 Å². The molecule has 1 aliphatic heterocycles. The van der Waals surface area contributed by atoms with Gasteiger partial charge in [0.15, 0.2) is 5.54 Å². The molecule has 0 saturated carbocycles. The minimum Gasteiger partial charge on any atom is -0.323 e. The van der Waals surface area contributed by atoms with E-state index in [-0.39, 0.29) is 18.2 Å². The Bertz CT molecular complexity index is 1060. The first kappa shape index (κ1) is 19.2. The molecule has 0 radical (unpaired) electrons. The fourth-order valence-electron chi connectivity index (χ4n) is 3.94. The molecule has 4 nitrogen and oxygen atoms in total. The molecule has 1 heterocycles. The summed E-state index contributed by atoms with van der Waals surface area (Å²) >= 11 is 6.02. The number of carbonyl (C=O) groups is 2. The zero-order valence-corrected chi connectivity index (χ0v) is 17.0. The number of amides is 2. The van der Waals surface area contributed by atoms with Crippen molar-refractivity contribution in [2.75, 3.05) is 10.2 Å². The molecule has 0 spiro atoms. The summed E-state index contributed by atoms with van der Waals surface area (Å²) < 4.78 is 0. The van der Waals surface area contributed by atoms with Gasteiger partial charge in [0.2, 0.25) is 5.91 Å². The summed E-state index contributed by atoms with van der Waals surface area (Å²) in [5.74, 6) is -0.330. The van der Waals surface area contributed by atoms with Gasteiger partial charge in [-0.25, -0.2) is 0 Å². The van der Waals surface area contributed by atoms with E-state index in [9.17, 15) is 9.59 Å². The number of benzene rings is 3. The van der Waals surface area contributed by atoms with E-state index in [0.29, 0.717) is 10.7 Å². The lowest BCUT2D eigenvalue weighted by molar-refractivity contribution is -0.137. The number of anilines is 2. The van der Waals surface area contributed by atoms with E-state index < -0.39 is 5.54 Å². The molecule has 4 rings (SSSR count). The van der Waals surface area contributed by atoms with Crippen LogP contribution in [0.3, 0.4) is 0 Å². The molecular weight excluding hydrogens is 384 g/mol. The highest BCUT2D eigenvalue weighted by Gasteiger charge is 2.58. The van der Waals surface area contributed by atoms with Crippen molar-refractivity contribution in [2.45, 2.75) is 25.8 Å². The summed E-state index contributed by atoms with van der Waals surface area (Å²) in [4.78, 5) is 28.0. The Morgan fingerprint density at radius 3 is 2.14 bits per heavy atom. The molecule has 3 aromatic rings. The van der Waals surface area contributed by atoms with E-state index in [4.69, 9.17) is 11.6 Å². The third-order valence-corrected chi connectivity index (χ3v) is 5.72. The maximum Gasteiger partial charge on any atom is 0.255 e. The second-order valence-electron chi connectivity index (χ2n) is 7.33. The largest absolute Gasteiger partial charge is 0.323 e. The van der Waals surface area contributed by atoms with E-state index in [1.807, 2.05) is 62.4 Å². The van der Waals surface area contributed by atoms with Crippen LogP contribution in [0.15, 0.2) is 72.8 Å². The van der Waals surface area contributed by atoms with E-state index >= 15 is 0 Å². The van der Waals surface area contributed by atoms with E-state index in [1.54, 1.807) is 29.2 Å². The molecule has 0 aliphatic carbocycles. The summed E-state index contributed by atoms with van der Waals surface area (Å²) in [5.41, 5.74) is 3.05. The summed E-state index contributed by atoms with van der Waals surface area (Å²) in [5, 5.41) is 3.67. The van der Waals surface area contributed by atoms with Gasteiger partial charge in [0.05, 0.1) is 6.42 Å². The van der Waals surface area contributed by atoms with Gasteiger partial charge >= 0.3 is 0 Å². The van der Waals surface area contributed by atoms with E-state index in [1.165, 1.54) is 0 Å². The van der Waals surface area contributed by atoms with Crippen molar-refractivity contribution in [3.8, 4) is 0 Å². The highest BCUT2D eigenvalue weighted by Crippen LogP contribution is 2.46. The van der Waals surface area contributed by atoms with Gasteiger partial charge in [-0.2, -0.15) is 0 Å². The maximum absolute atomic E-state index is 13.7. The molecule has 5 heteroatoms. The number of rotatable bonds is 4. The van der Waals surface area contributed by atoms with Crippen molar-refractivity contribution in [3.63, 3.8) is 0 Å². The molecule has 146 valence electrons. The van der Waals surface area contributed by atoms with Crippen molar-refractivity contribution in [3.05, 3.63) is 94.5 Å². The lowest BCUT2D eigenvalue weighted by Crippen LogP contribution is -2.67. The quantitative estimate of drug-likeness (QED) is 0.605. The normalized spacial score (nSPS) is 18.3. The molecule has 1 N–H and O–H groups in total. The predicted molar refractivity (Wildman–Crippen MR) is 116 cm³/mol. The van der Waals surface area contributed by atoms with Gasteiger partial charge in [0.25, 0.3) is 5.91 Å². The number of nitrogens with one attached hydrogen (secondary N) is 1. The smallest absolute Gasteiger partial charge is 0.255 e. The number of β-lactam (4-membered cyclic amide) rings is 1. The molecule has 1 atom stereocenters. The van der Waals surface area contributed by atoms with Crippen LogP contribution in [0.2, 0.25) is 5.02 Å². The average molecular weight is 405 g/mol. The Morgan fingerprint density at radius 2 is 1.55 bits per heavy atom. The van der Waals surface area contributed by atoms with Crippen LogP contribution in [0.25, 0.3) is 0 Å². The zero-order valence-electron chi connectivity index (χ0n) is 16.3. The average Bonchev–Trinajstić information content (AvgIpc) is 2.71. The van der Waals surface area contributed by atoms with Crippen LogP contribution in [0.1, 0.15) is 23.1 Å². The predicted octanol–water partition coefficient (Wildman–Crippen LogP) is 5.23. The van der Waals surface area contributed by atoms with Gasteiger partial charge in [0, 0.05) is 16.4 Å². The first-order valence-corrected chi connectivity index (χ1v) is 9.83. The molecule has 0 aromatic heterocycles. The van der Waals surface area contributed by atoms with Gasteiger partial charge in [-0.15, -0.1) is 0 Å². The van der Waals surface area contributed by atoms with Crippen LogP contribution in [0, 0.1) is 13.8 Å². The monoisotopic (exact) mass is 404 g/mol. The van der Waals surface area contributed by atoms with Crippen molar-refractivity contribution in [1.29, 1.82) is 0 Å². The third kappa shape index (κ3) is 3.19. The number of hydrogen-bond donors (Lipinski definition) is 1. The fourth-order valence-corrected chi connectivity index (χ4v) is 4.07. The molecule has 1 fully saturated rings. The number of para-hydroxylation sites is 1. The standard InChI is InChI=1S/C24H21ClN2O2/c1-16-7-6-8-17(2)22(16)26-23(29)24(18-9-4-3-5-10-18)15-21(28)27(24)20-13-11-19(25)12-14-20/h3-14H,15H2,1-2H3,(H,26,29). The highest BCUT2D eigenvalue weighted by molar-refractivity contribution is 6.30. The number of halogens is 1. The van der Waals surface area contributed by atoms with Crippen molar-refractivity contribution >= 4 is 34.8 Å². The fraction of sp³-hybridized carbons (Fsp3) is 0.167. The summed E-state index contributed by atoms with van der Waals surface area (Å²) in [6.45, 7) is 3.92. The minimum absolute atomic E-state index is 0.104. The molecule has 1 aliphatic rings. The Balaban J connectivity index is 1.81. The van der Waals surface area contributed by atoms with Crippen molar-refractivity contribution < 1.29 is 9.59 Å². The lowest BCUT2D eigenvalue weighted by Gasteiger charge is -2.50. The van der Waals surface area contributed by atoms with E-state index in [0.717, 1.165) is 22.4 Å². The first-order chi connectivity index (χ1) is 13.9. The molecular formula is C24H21ClN2O2. The van der Waals surface area contributed by atoms with Crippen molar-refractivity contribution in [2.24, 2.45) is 0 Å². The van der Waals surface area contributed by atoms with Crippen LogP contribution < -0.4 is 10.2 Å². The summed E-state index contributed by atoms with van der Waals surface area (Å²) in [6.07, 6.45) is 0.108. The van der Waals surface area contributed by atoms with Crippen LogP contribution in [-0.2, 0) is 15.1 Å². The molecule has 1 unspecified atom stereocenters. The van der Waals surface area contributed by atoms with Crippen LogP contribution in [-0.4, -0.2) is 11.8 Å². The molecule has 29 heavy (non-hydrogen) atoms. The molecule has 3 aromatic carbocycles. The highest BCUT2D eigenvalue weighted by atomic mass is 35.5. The summed E-state index contributed by atoms with van der Waals surface area (Å²) in [6, 6.07) is 22.3. The van der Waals surface area contributed by atoms with Gasteiger partial charge in [-0.3, -0.25) is 14.5 Å². The maximum atomic E-state index is 13.7. The first-order valence-electron chi connectivity index (χ1n) is 9.45. The number of carbonyl (C=O) groups excluding carboxylic acids is 2. The number of hydrogen-bond acceptors (Lipinski definition) is 2. The Labute approximate surface area is 175 Å². The number of nitrogens with zero attached hydrogens (tertiary/aromatic N) is 1. The Morgan fingerprint density at radius 1 is 0.931 bits per heavy atom. The Kier molecular flexibility index (Phi) is 4.89. The van der Waals surface area contributed by atoms with Gasteiger partial charge in [-0.05, 0) is 54.8 Å². The second kappa shape index (κ2) is 7.37. The van der Waals surface area contributed by atoms with Gasteiger partial charge in [0.1, 0.15) is 0 Å². The minimum atomic E-state index is -1.11. The topological polar surface area (TPSA) is 49.4 Å². The third-order valence-electron chi connectivity index (χ3n) is 5.47. The number of aryl methyl sites for hydroxylation is 2. The zero-order chi connectivity index (χ0) is 20.6. The van der Waals surface area contributed by atoms with Gasteiger partial charge < -0.3 is 5.32 Å². The second-order valence-corrected chi connectivity index (χ2v) is 7.77. The van der Waals surface area contributed by atoms with Crippen LogP contribution >= 0.6 is 11.6 Å². The molecule has 0 bridgehead atoms. The van der Waals surface area contributed by atoms with Crippen molar-refractivity contribution in [1.82, 2.24) is 0 Å². The van der Waals surface area contributed by atoms with E-state index in [2.05, 4.69) is 5.32 Å². The Hall–Kier alpha value is -3.11. The van der Waals surface area contributed by atoms with Crippen LogP contribution in [0.4, 0.5) is 11.4 Å². The SMILES string of the molecule is Cc1cccc(C)c1NC(=O)C1(c2ccccc2)CC(=O)N1c1ccc(Cl)cc1. The lowest BCUT2D eigenvalue weighted by atomic mass is 9.76. The summed E-state index contributed by atoms with van der Waals surface area (Å²) in [7, 11) is 0. The van der Waals surface area contributed by atoms with Gasteiger partial charge in [-0.1, -0.05) is 60.1 Å². The molecule has 2 amide bonds. The molecule has 1 saturated heterocycles.